The van der Waals surface area contributed by atoms with Crippen LogP contribution in [0.1, 0.15) is 38.4 Å². The lowest BCUT2D eigenvalue weighted by Gasteiger charge is -2.17. The number of imidazole rings is 1. The number of fused-ring (bicyclic) bond motifs is 1. The molecule has 2 aromatic heterocycles. The van der Waals surface area contributed by atoms with Gasteiger partial charge < -0.3 is 5.32 Å². The molecule has 0 unspecified atom stereocenters. The number of aromatic nitrogens is 3. The van der Waals surface area contributed by atoms with Gasteiger partial charge in [-0.05, 0) is 36.6 Å². The number of halogens is 3. The van der Waals surface area contributed by atoms with Crippen LogP contribution in [0.15, 0.2) is 36.4 Å². The van der Waals surface area contributed by atoms with Gasteiger partial charge in [0.05, 0.1) is 11.3 Å². The normalized spacial score (nSPS) is 12.4. The van der Waals surface area contributed by atoms with Gasteiger partial charge in [0.15, 0.2) is 11.5 Å². The van der Waals surface area contributed by atoms with Crippen LogP contribution in [0.5, 0.6) is 0 Å². The van der Waals surface area contributed by atoms with Crippen LogP contribution >= 0.6 is 0 Å². The number of carbonyl (C=O) groups is 1. The molecule has 0 spiro atoms. The molecular weight excluding hydrogens is 369 g/mol. The van der Waals surface area contributed by atoms with E-state index >= 15 is 0 Å². The van der Waals surface area contributed by atoms with E-state index in [1.54, 1.807) is 25.1 Å². The number of amides is 1. The molecule has 1 N–H and O–H groups in total. The number of carbonyl (C=O) groups excluding carboxylic acids is 1. The Hall–Kier alpha value is -2.90. The maximum Gasteiger partial charge on any atom is 0.416 e. The van der Waals surface area contributed by atoms with E-state index in [2.05, 4.69) is 15.4 Å². The molecule has 1 aromatic carbocycles. The van der Waals surface area contributed by atoms with Crippen molar-refractivity contribution in [2.24, 2.45) is 5.41 Å². The number of aryl methyl sites for hydroxylation is 1. The van der Waals surface area contributed by atoms with E-state index in [4.69, 9.17) is 0 Å². The van der Waals surface area contributed by atoms with Gasteiger partial charge in [-0.1, -0.05) is 32.9 Å². The SMILES string of the molecule is Cc1ccc2nc(NC(=O)CC(C)(C)C)c(-c3cccc(C(F)(F)F)c3)n2n1. The summed E-state index contributed by atoms with van der Waals surface area (Å²) in [5, 5.41) is 7.11. The highest BCUT2D eigenvalue weighted by atomic mass is 19.4. The predicted octanol–water partition coefficient (Wildman–Crippen LogP) is 5.10. The quantitative estimate of drug-likeness (QED) is 0.677. The Labute approximate surface area is 160 Å². The minimum absolute atomic E-state index is 0.187. The number of rotatable bonds is 3. The van der Waals surface area contributed by atoms with Crippen molar-refractivity contribution in [3.05, 3.63) is 47.7 Å². The number of anilines is 1. The van der Waals surface area contributed by atoms with Crippen molar-refractivity contribution in [3.8, 4) is 11.3 Å². The molecule has 8 heteroatoms. The van der Waals surface area contributed by atoms with E-state index in [1.807, 2.05) is 20.8 Å². The maximum absolute atomic E-state index is 13.2. The fraction of sp³-hybridized carbons (Fsp3) is 0.350. The van der Waals surface area contributed by atoms with Crippen LogP contribution in [-0.2, 0) is 11.0 Å². The Bertz CT molecular complexity index is 1030. The van der Waals surface area contributed by atoms with E-state index in [0.717, 1.165) is 12.1 Å². The van der Waals surface area contributed by atoms with Crippen LogP contribution in [-0.4, -0.2) is 20.5 Å². The summed E-state index contributed by atoms with van der Waals surface area (Å²) < 4.78 is 41.0. The Morgan fingerprint density at radius 1 is 1.14 bits per heavy atom. The Balaban J connectivity index is 2.14. The molecule has 3 aromatic rings. The number of hydrogen-bond donors (Lipinski definition) is 1. The zero-order valence-electron chi connectivity index (χ0n) is 16.1. The van der Waals surface area contributed by atoms with Crippen molar-refractivity contribution in [2.45, 2.75) is 40.3 Å². The topological polar surface area (TPSA) is 59.3 Å². The lowest BCUT2D eigenvalue weighted by atomic mass is 9.92. The monoisotopic (exact) mass is 390 g/mol. The van der Waals surface area contributed by atoms with Crippen molar-refractivity contribution >= 4 is 17.4 Å². The second kappa shape index (κ2) is 6.92. The minimum Gasteiger partial charge on any atom is -0.309 e. The predicted molar refractivity (Wildman–Crippen MR) is 101 cm³/mol. The molecule has 0 radical (unpaired) electrons. The first-order valence-corrected chi connectivity index (χ1v) is 8.78. The van der Waals surface area contributed by atoms with Gasteiger partial charge >= 0.3 is 6.18 Å². The summed E-state index contributed by atoms with van der Waals surface area (Å²) in [6.07, 6.45) is -4.23. The van der Waals surface area contributed by atoms with E-state index in [9.17, 15) is 18.0 Å². The minimum atomic E-state index is -4.48. The molecule has 0 saturated heterocycles. The van der Waals surface area contributed by atoms with Crippen LogP contribution < -0.4 is 5.32 Å². The van der Waals surface area contributed by atoms with Crippen molar-refractivity contribution in [1.82, 2.24) is 14.6 Å². The molecule has 0 aliphatic rings. The van der Waals surface area contributed by atoms with E-state index in [1.165, 1.54) is 10.6 Å². The zero-order chi connectivity index (χ0) is 20.7. The highest BCUT2D eigenvalue weighted by Crippen LogP contribution is 2.35. The van der Waals surface area contributed by atoms with Gasteiger partial charge in [0.2, 0.25) is 5.91 Å². The molecule has 0 aliphatic carbocycles. The third kappa shape index (κ3) is 4.32. The van der Waals surface area contributed by atoms with Crippen molar-refractivity contribution < 1.29 is 18.0 Å². The van der Waals surface area contributed by atoms with Crippen molar-refractivity contribution in [2.75, 3.05) is 5.32 Å². The second-order valence-corrected chi connectivity index (χ2v) is 7.92. The molecule has 0 saturated carbocycles. The molecule has 0 fully saturated rings. The third-order valence-electron chi connectivity index (χ3n) is 4.02. The Kier molecular flexibility index (Phi) is 4.91. The lowest BCUT2D eigenvalue weighted by molar-refractivity contribution is -0.137. The fourth-order valence-electron chi connectivity index (χ4n) is 2.87. The maximum atomic E-state index is 13.2. The zero-order valence-corrected chi connectivity index (χ0v) is 16.1. The van der Waals surface area contributed by atoms with Crippen LogP contribution in [0.2, 0.25) is 0 Å². The number of hydrogen-bond acceptors (Lipinski definition) is 3. The molecule has 1 amide bonds. The molecule has 0 atom stereocenters. The molecule has 28 heavy (non-hydrogen) atoms. The Morgan fingerprint density at radius 2 is 1.86 bits per heavy atom. The second-order valence-electron chi connectivity index (χ2n) is 7.92. The summed E-state index contributed by atoms with van der Waals surface area (Å²) >= 11 is 0. The van der Waals surface area contributed by atoms with Gasteiger partial charge in [-0.15, -0.1) is 0 Å². The van der Waals surface area contributed by atoms with Crippen molar-refractivity contribution in [1.29, 1.82) is 0 Å². The summed E-state index contributed by atoms with van der Waals surface area (Å²) in [5.41, 5.74) is 0.668. The molecule has 5 nitrogen and oxygen atoms in total. The molecule has 3 rings (SSSR count). The highest BCUT2D eigenvalue weighted by Gasteiger charge is 2.31. The van der Waals surface area contributed by atoms with Gasteiger partial charge in [-0.2, -0.15) is 18.3 Å². The van der Waals surface area contributed by atoms with Crippen LogP contribution in [0.4, 0.5) is 19.0 Å². The summed E-state index contributed by atoms with van der Waals surface area (Å²) in [6.45, 7) is 7.55. The highest BCUT2D eigenvalue weighted by molar-refractivity contribution is 5.94. The van der Waals surface area contributed by atoms with E-state index in [-0.39, 0.29) is 29.1 Å². The number of alkyl halides is 3. The van der Waals surface area contributed by atoms with Crippen LogP contribution in [0.25, 0.3) is 16.9 Å². The molecule has 148 valence electrons. The average Bonchev–Trinajstić information content (AvgIpc) is 2.89. The molecule has 0 bridgehead atoms. The number of nitrogens with zero attached hydrogens (tertiary/aromatic N) is 3. The standard InChI is InChI=1S/C20H21F3N4O/c1-12-8-9-15-24-18(25-16(28)11-19(2,3)4)17(27(15)26-12)13-6-5-7-14(10-13)20(21,22)23/h5-10H,11H2,1-4H3,(H,25,28). The summed E-state index contributed by atoms with van der Waals surface area (Å²) in [6, 6.07) is 8.37. The van der Waals surface area contributed by atoms with Gasteiger partial charge in [-0.3, -0.25) is 4.79 Å². The van der Waals surface area contributed by atoms with Gasteiger partial charge in [0.1, 0.15) is 5.69 Å². The summed E-state index contributed by atoms with van der Waals surface area (Å²) in [5.74, 6) is -0.0764. The number of benzene rings is 1. The fourth-order valence-corrected chi connectivity index (χ4v) is 2.87. The molecular formula is C20H21F3N4O. The third-order valence-corrected chi connectivity index (χ3v) is 4.02. The van der Waals surface area contributed by atoms with Gasteiger partial charge in [-0.25, -0.2) is 9.50 Å². The van der Waals surface area contributed by atoms with Crippen molar-refractivity contribution in [3.63, 3.8) is 0 Å². The smallest absolute Gasteiger partial charge is 0.309 e. The van der Waals surface area contributed by atoms with E-state index in [0.29, 0.717) is 17.0 Å². The average molecular weight is 390 g/mol. The molecule has 0 aliphatic heterocycles. The lowest BCUT2D eigenvalue weighted by Crippen LogP contribution is -2.20. The number of nitrogens with one attached hydrogen (secondary N) is 1. The van der Waals surface area contributed by atoms with E-state index < -0.39 is 11.7 Å². The molecule has 2 heterocycles. The van der Waals surface area contributed by atoms with Gasteiger partial charge in [0, 0.05) is 12.0 Å². The summed E-state index contributed by atoms with van der Waals surface area (Å²) in [7, 11) is 0. The van der Waals surface area contributed by atoms with Gasteiger partial charge in [0.25, 0.3) is 0 Å². The largest absolute Gasteiger partial charge is 0.416 e. The Morgan fingerprint density at radius 3 is 2.50 bits per heavy atom. The summed E-state index contributed by atoms with van der Waals surface area (Å²) in [4.78, 5) is 16.8. The first-order chi connectivity index (χ1) is 12.9. The first kappa shape index (κ1) is 19.9. The van der Waals surface area contributed by atoms with Crippen LogP contribution in [0, 0.1) is 12.3 Å². The van der Waals surface area contributed by atoms with Crippen LogP contribution in [0.3, 0.4) is 0 Å². The first-order valence-electron chi connectivity index (χ1n) is 8.78.